The Morgan fingerprint density at radius 3 is 2.67 bits per heavy atom. The van der Waals surface area contributed by atoms with Gasteiger partial charge >= 0.3 is 11.8 Å². The molecule has 1 aromatic carbocycles. The van der Waals surface area contributed by atoms with Gasteiger partial charge in [-0.2, -0.15) is 0 Å². The lowest BCUT2D eigenvalue weighted by atomic mass is 10.1. The van der Waals surface area contributed by atoms with Crippen LogP contribution in [0.25, 0.3) is 0 Å². The van der Waals surface area contributed by atoms with E-state index in [1.54, 1.807) is 4.90 Å². The minimum absolute atomic E-state index is 0.363. The summed E-state index contributed by atoms with van der Waals surface area (Å²) in [4.78, 5) is 28.3. The fourth-order valence-electron chi connectivity index (χ4n) is 3.29. The van der Waals surface area contributed by atoms with Gasteiger partial charge in [0, 0.05) is 38.4 Å². The van der Waals surface area contributed by atoms with Gasteiger partial charge in [-0.15, -0.1) is 0 Å². The standard InChI is InChI=1S/C18H25N3O3/c1-14-6-7-21(13-14)18(23)17(22)19-12-15-4-2-3-5-16(15)20-8-10-24-11-9-20/h2-5,14H,6-13H2,1H3,(H,19,22)/t14-/m0/s1. The van der Waals surface area contributed by atoms with Crippen LogP contribution in [-0.2, 0) is 20.9 Å². The third-order valence-corrected chi connectivity index (χ3v) is 4.69. The summed E-state index contributed by atoms with van der Waals surface area (Å²) >= 11 is 0. The zero-order valence-electron chi connectivity index (χ0n) is 14.2. The predicted molar refractivity (Wildman–Crippen MR) is 91.7 cm³/mol. The first-order valence-electron chi connectivity index (χ1n) is 8.63. The molecule has 0 radical (unpaired) electrons. The van der Waals surface area contributed by atoms with E-state index in [0.717, 1.165) is 30.8 Å². The van der Waals surface area contributed by atoms with Crippen LogP contribution in [0.1, 0.15) is 18.9 Å². The number of morpholine rings is 1. The summed E-state index contributed by atoms with van der Waals surface area (Å²) in [6, 6.07) is 7.99. The van der Waals surface area contributed by atoms with Crippen molar-refractivity contribution in [3.63, 3.8) is 0 Å². The molecule has 1 aromatic rings. The molecule has 2 fully saturated rings. The normalized spacial score (nSPS) is 21.0. The number of rotatable bonds is 3. The van der Waals surface area contributed by atoms with Gasteiger partial charge < -0.3 is 19.9 Å². The number of hydrogen-bond donors (Lipinski definition) is 1. The molecular weight excluding hydrogens is 306 g/mol. The average molecular weight is 331 g/mol. The number of carbonyl (C=O) groups excluding carboxylic acids is 2. The van der Waals surface area contributed by atoms with Gasteiger partial charge in [-0.25, -0.2) is 0 Å². The van der Waals surface area contributed by atoms with Crippen LogP contribution in [0.3, 0.4) is 0 Å². The monoisotopic (exact) mass is 331 g/mol. The van der Waals surface area contributed by atoms with Gasteiger partial charge in [0.1, 0.15) is 0 Å². The number of benzene rings is 1. The molecule has 130 valence electrons. The minimum Gasteiger partial charge on any atom is -0.378 e. The molecule has 0 bridgehead atoms. The highest BCUT2D eigenvalue weighted by Gasteiger charge is 2.27. The summed E-state index contributed by atoms with van der Waals surface area (Å²) in [5.74, 6) is -0.451. The Bertz CT molecular complexity index is 599. The van der Waals surface area contributed by atoms with Crippen molar-refractivity contribution in [2.24, 2.45) is 5.92 Å². The molecule has 2 saturated heterocycles. The van der Waals surface area contributed by atoms with Gasteiger partial charge in [0.2, 0.25) is 0 Å². The molecule has 0 unspecified atom stereocenters. The molecule has 24 heavy (non-hydrogen) atoms. The number of nitrogens with one attached hydrogen (secondary N) is 1. The molecule has 6 nitrogen and oxygen atoms in total. The summed E-state index contributed by atoms with van der Waals surface area (Å²) in [5.41, 5.74) is 2.12. The SMILES string of the molecule is C[C@H]1CCN(C(=O)C(=O)NCc2ccccc2N2CCOCC2)C1. The molecule has 0 spiro atoms. The molecule has 0 aliphatic carbocycles. The van der Waals surface area contributed by atoms with Crippen LogP contribution in [0.4, 0.5) is 5.69 Å². The van der Waals surface area contributed by atoms with Crippen LogP contribution in [0, 0.1) is 5.92 Å². The largest absolute Gasteiger partial charge is 0.378 e. The number of carbonyl (C=O) groups is 2. The van der Waals surface area contributed by atoms with Crippen LogP contribution < -0.4 is 10.2 Å². The highest BCUT2D eigenvalue weighted by Crippen LogP contribution is 2.21. The van der Waals surface area contributed by atoms with E-state index in [9.17, 15) is 9.59 Å². The molecule has 3 rings (SSSR count). The van der Waals surface area contributed by atoms with Crippen molar-refractivity contribution in [3.8, 4) is 0 Å². The zero-order valence-corrected chi connectivity index (χ0v) is 14.2. The van der Waals surface area contributed by atoms with Gasteiger partial charge in [0.15, 0.2) is 0 Å². The van der Waals surface area contributed by atoms with E-state index in [-0.39, 0.29) is 0 Å². The van der Waals surface area contributed by atoms with Gasteiger partial charge in [0.05, 0.1) is 13.2 Å². The first kappa shape index (κ1) is 16.8. The lowest BCUT2D eigenvalue weighted by Gasteiger charge is -2.30. The number of amides is 2. The van der Waals surface area contributed by atoms with E-state index in [0.29, 0.717) is 38.8 Å². The fraction of sp³-hybridized carbons (Fsp3) is 0.556. The van der Waals surface area contributed by atoms with E-state index in [1.807, 2.05) is 18.2 Å². The zero-order chi connectivity index (χ0) is 16.9. The molecular formula is C18H25N3O3. The van der Waals surface area contributed by atoms with Gasteiger partial charge in [-0.3, -0.25) is 9.59 Å². The number of likely N-dealkylation sites (tertiary alicyclic amines) is 1. The van der Waals surface area contributed by atoms with E-state index in [2.05, 4.69) is 23.2 Å². The molecule has 0 saturated carbocycles. The molecule has 2 amide bonds. The molecule has 0 aromatic heterocycles. The summed E-state index contributed by atoms with van der Waals surface area (Å²) in [7, 11) is 0. The second-order valence-electron chi connectivity index (χ2n) is 6.56. The third kappa shape index (κ3) is 3.87. The van der Waals surface area contributed by atoms with Crippen molar-refractivity contribution in [1.82, 2.24) is 10.2 Å². The maximum absolute atomic E-state index is 12.2. The van der Waals surface area contributed by atoms with Crippen LogP contribution >= 0.6 is 0 Å². The van der Waals surface area contributed by atoms with E-state index >= 15 is 0 Å². The molecule has 2 aliphatic heterocycles. The Morgan fingerprint density at radius 2 is 1.96 bits per heavy atom. The van der Waals surface area contributed by atoms with E-state index < -0.39 is 11.8 Å². The quantitative estimate of drug-likeness (QED) is 0.840. The van der Waals surface area contributed by atoms with Crippen molar-refractivity contribution in [2.45, 2.75) is 19.9 Å². The second kappa shape index (κ2) is 7.66. The van der Waals surface area contributed by atoms with Crippen molar-refractivity contribution in [2.75, 3.05) is 44.3 Å². The lowest BCUT2D eigenvalue weighted by molar-refractivity contribution is -0.145. The maximum atomic E-state index is 12.2. The Kier molecular flexibility index (Phi) is 5.35. The van der Waals surface area contributed by atoms with Crippen LogP contribution in [-0.4, -0.2) is 56.1 Å². The number of hydrogen-bond acceptors (Lipinski definition) is 4. The van der Waals surface area contributed by atoms with Crippen molar-refractivity contribution in [1.29, 1.82) is 0 Å². The molecule has 6 heteroatoms. The summed E-state index contributed by atoms with van der Waals surface area (Å²) < 4.78 is 5.39. The van der Waals surface area contributed by atoms with E-state index in [1.165, 1.54) is 0 Å². The van der Waals surface area contributed by atoms with Crippen LogP contribution in [0.5, 0.6) is 0 Å². The number of nitrogens with zero attached hydrogens (tertiary/aromatic N) is 2. The number of ether oxygens (including phenoxy) is 1. The smallest absolute Gasteiger partial charge is 0.311 e. The maximum Gasteiger partial charge on any atom is 0.311 e. The Balaban J connectivity index is 1.60. The van der Waals surface area contributed by atoms with Crippen molar-refractivity contribution in [3.05, 3.63) is 29.8 Å². The number of anilines is 1. The van der Waals surface area contributed by atoms with Crippen LogP contribution in [0.2, 0.25) is 0 Å². The highest BCUT2D eigenvalue weighted by atomic mass is 16.5. The first-order valence-corrected chi connectivity index (χ1v) is 8.63. The topological polar surface area (TPSA) is 61.9 Å². The summed E-state index contributed by atoms with van der Waals surface area (Å²) in [6.45, 7) is 6.93. The fourth-order valence-corrected chi connectivity index (χ4v) is 3.29. The Morgan fingerprint density at radius 1 is 1.21 bits per heavy atom. The Labute approximate surface area is 142 Å². The first-order chi connectivity index (χ1) is 11.6. The van der Waals surface area contributed by atoms with Crippen molar-refractivity contribution < 1.29 is 14.3 Å². The molecule has 1 N–H and O–H groups in total. The Hall–Kier alpha value is -2.08. The van der Waals surface area contributed by atoms with Crippen molar-refractivity contribution >= 4 is 17.5 Å². The van der Waals surface area contributed by atoms with Gasteiger partial charge in [-0.1, -0.05) is 25.1 Å². The third-order valence-electron chi connectivity index (χ3n) is 4.69. The predicted octanol–water partition coefficient (Wildman–Crippen LogP) is 1.01. The number of para-hydroxylation sites is 1. The van der Waals surface area contributed by atoms with Gasteiger partial charge in [0.25, 0.3) is 0 Å². The molecule has 1 atom stereocenters. The van der Waals surface area contributed by atoms with Gasteiger partial charge in [-0.05, 0) is 24.0 Å². The lowest BCUT2D eigenvalue weighted by Crippen LogP contribution is -2.42. The summed E-state index contributed by atoms with van der Waals surface area (Å²) in [5, 5.41) is 2.78. The molecule has 2 aliphatic rings. The minimum atomic E-state index is -0.513. The van der Waals surface area contributed by atoms with E-state index in [4.69, 9.17) is 4.74 Å². The highest BCUT2D eigenvalue weighted by molar-refractivity contribution is 6.35. The molecule has 2 heterocycles. The second-order valence-corrected chi connectivity index (χ2v) is 6.56. The van der Waals surface area contributed by atoms with Crippen LogP contribution in [0.15, 0.2) is 24.3 Å². The average Bonchev–Trinajstić information content (AvgIpc) is 3.06. The summed E-state index contributed by atoms with van der Waals surface area (Å²) in [6.07, 6.45) is 0.971.